The van der Waals surface area contributed by atoms with E-state index in [1.807, 2.05) is 37.3 Å². The molecule has 0 saturated heterocycles. The summed E-state index contributed by atoms with van der Waals surface area (Å²) in [4.78, 5) is 12.4. The van der Waals surface area contributed by atoms with Crippen LogP contribution in [0.3, 0.4) is 0 Å². The van der Waals surface area contributed by atoms with Crippen LogP contribution in [0, 0.1) is 3.57 Å². The molecule has 0 aliphatic rings. The molecule has 0 bridgehead atoms. The first kappa shape index (κ1) is 20.7. The summed E-state index contributed by atoms with van der Waals surface area (Å²) in [6.07, 6.45) is 0.680. The second-order valence-electron chi connectivity index (χ2n) is 5.76. The maximum atomic E-state index is 12.4. The summed E-state index contributed by atoms with van der Waals surface area (Å²) in [5.41, 5.74) is 4.76. The number of nitrogens with zero attached hydrogens (tertiary/aromatic N) is 3. The minimum Gasteiger partial charge on any atom is -0.298 e. The van der Waals surface area contributed by atoms with Crippen LogP contribution in [-0.4, -0.2) is 25.9 Å². The zero-order valence-electron chi connectivity index (χ0n) is 15.1. The average Bonchev–Trinajstić information content (AvgIpc) is 3.09. The molecule has 2 N–H and O–H groups in total. The minimum absolute atomic E-state index is 0.194. The van der Waals surface area contributed by atoms with Crippen molar-refractivity contribution in [3.8, 4) is 0 Å². The lowest BCUT2D eigenvalue weighted by Gasteiger charge is -2.13. The zero-order valence-corrected chi connectivity index (χ0v) is 18.8. The van der Waals surface area contributed by atoms with Crippen LogP contribution >= 0.6 is 46.6 Å². The number of thioether (sulfide) groups is 1. The van der Waals surface area contributed by atoms with Crippen molar-refractivity contribution in [2.24, 2.45) is 0 Å². The van der Waals surface area contributed by atoms with Crippen molar-refractivity contribution < 1.29 is 4.79 Å². The summed E-state index contributed by atoms with van der Waals surface area (Å²) in [5, 5.41) is 12.0. The highest BCUT2D eigenvalue weighted by molar-refractivity contribution is 14.1. The van der Waals surface area contributed by atoms with E-state index in [9.17, 15) is 4.79 Å². The number of rotatable bonds is 6. The molecule has 1 amide bonds. The molecule has 1 heterocycles. The number of halogens is 1. The Morgan fingerprint density at radius 1 is 1.14 bits per heavy atom. The van der Waals surface area contributed by atoms with Gasteiger partial charge in [0, 0.05) is 21.3 Å². The number of carbonyl (C=O) groups is 1. The summed E-state index contributed by atoms with van der Waals surface area (Å²) in [6.45, 7) is 1.99. The first-order chi connectivity index (χ1) is 13.6. The van der Waals surface area contributed by atoms with Crippen LogP contribution in [0.5, 0.6) is 0 Å². The third-order valence-corrected chi connectivity index (χ3v) is 5.69. The van der Waals surface area contributed by atoms with Gasteiger partial charge in [-0.15, -0.1) is 10.2 Å². The molecule has 0 atom stereocenters. The maximum Gasteiger partial charge on any atom is 0.257 e. The Hall–Kier alpha value is -1.98. The molecule has 2 aromatic carbocycles. The van der Waals surface area contributed by atoms with Gasteiger partial charge in [-0.25, -0.2) is 4.68 Å². The highest BCUT2D eigenvalue weighted by Gasteiger charge is 2.14. The van der Waals surface area contributed by atoms with Crippen LogP contribution in [0.15, 0.2) is 59.8 Å². The van der Waals surface area contributed by atoms with E-state index in [2.05, 4.69) is 55.7 Å². The number of thiocarbonyl (C=S) groups is 1. The standard InChI is InChI=1S/C19H18IN5OS2/c1-2-16-22-23-19(28-12-13-6-4-3-5-7-13)25(16)24-18(27)21-17(26)14-8-10-15(20)11-9-14/h3-11H,2,12H2,1H3,(H2,21,24,26,27). The maximum absolute atomic E-state index is 12.4. The van der Waals surface area contributed by atoms with Gasteiger partial charge in [-0.1, -0.05) is 49.0 Å². The average molecular weight is 523 g/mol. The second-order valence-corrected chi connectivity index (χ2v) is 8.36. The van der Waals surface area contributed by atoms with Gasteiger partial charge in [0.25, 0.3) is 5.91 Å². The monoisotopic (exact) mass is 523 g/mol. The Bertz CT molecular complexity index is 960. The second kappa shape index (κ2) is 9.99. The van der Waals surface area contributed by atoms with Gasteiger partial charge in [0.2, 0.25) is 5.16 Å². The molecule has 0 aliphatic carbocycles. The molecule has 3 rings (SSSR count). The molecule has 144 valence electrons. The summed E-state index contributed by atoms with van der Waals surface area (Å²) in [5.74, 6) is 1.23. The van der Waals surface area contributed by atoms with Gasteiger partial charge in [-0.2, -0.15) is 0 Å². The van der Waals surface area contributed by atoms with Crippen molar-refractivity contribution in [2.45, 2.75) is 24.3 Å². The molecule has 0 saturated carbocycles. The van der Waals surface area contributed by atoms with Crippen molar-refractivity contribution in [1.82, 2.24) is 20.2 Å². The summed E-state index contributed by atoms with van der Waals surface area (Å²) < 4.78 is 2.79. The predicted molar refractivity (Wildman–Crippen MR) is 124 cm³/mol. The SMILES string of the molecule is CCc1nnc(SCc2ccccc2)n1NC(=S)NC(=O)c1ccc(I)cc1. The van der Waals surface area contributed by atoms with Crippen molar-refractivity contribution in [3.05, 3.63) is 75.1 Å². The van der Waals surface area contributed by atoms with Crippen molar-refractivity contribution in [3.63, 3.8) is 0 Å². The van der Waals surface area contributed by atoms with Gasteiger partial charge in [0.15, 0.2) is 10.9 Å². The number of amides is 1. The molecular formula is C19H18IN5OS2. The third kappa shape index (κ3) is 5.52. The van der Waals surface area contributed by atoms with Gasteiger partial charge in [-0.05, 0) is 64.6 Å². The third-order valence-electron chi connectivity index (χ3n) is 3.77. The Kier molecular flexibility index (Phi) is 7.40. The molecule has 6 nitrogen and oxygen atoms in total. The Morgan fingerprint density at radius 3 is 2.54 bits per heavy atom. The number of hydrogen-bond acceptors (Lipinski definition) is 5. The largest absolute Gasteiger partial charge is 0.298 e. The van der Waals surface area contributed by atoms with Crippen molar-refractivity contribution in [2.75, 3.05) is 5.43 Å². The lowest BCUT2D eigenvalue weighted by Crippen LogP contribution is -2.38. The number of hydrogen-bond donors (Lipinski definition) is 2. The molecule has 0 aliphatic heterocycles. The van der Waals surface area contributed by atoms with Gasteiger partial charge in [-0.3, -0.25) is 15.5 Å². The van der Waals surface area contributed by atoms with Crippen LogP contribution in [0.4, 0.5) is 0 Å². The van der Waals surface area contributed by atoms with Crippen LogP contribution in [0.2, 0.25) is 0 Å². The van der Waals surface area contributed by atoms with E-state index in [-0.39, 0.29) is 11.0 Å². The van der Waals surface area contributed by atoms with Crippen LogP contribution in [0.1, 0.15) is 28.7 Å². The van der Waals surface area contributed by atoms with E-state index in [1.54, 1.807) is 28.6 Å². The first-order valence-electron chi connectivity index (χ1n) is 8.55. The number of benzene rings is 2. The highest BCUT2D eigenvalue weighted by atomic mass is 127. The number of aromatic nitrogens is 3. The minimum atomic E-state index is -0.265. The van der Waals surface area contributed by atoms with Crippen molar-refractivity contribution in [1.29, 1.82) is 0 Å². The number of aryl methyl sites for hydroxylation is 1. The fourth-order valence-corrected chi connectivity index (χ4v) is 3.77. The highest BCUT2D eigenvalue weighted by Crippen LogP contribution is 2.21. The smallest absolute Gasteiger partial charge is 0.257 e. The molecule has 0 radical (unpaired) electrons. The molecule has 28 heavy (non-hydrogen) atoms. The van der Waals surface area contributed by atoms with E-state index in [0.29, 0.717) is 17.1 Å². The lowest BCUT2D eigenvalue weighted by molar-refractivity contribution is 0.0977. The fraction of sp³-hybridized carbons (Fsp3) is 0.158. The molecule has 3 aromatic rings. The van der Waals surface area contributed by atoms with Gasteiger partial charge >= 0.3 is 0 Å². The molecular weight excluding hydrogens is 505 g/mol. The molecule has 1 aromatic heterocycles. The Labute approximate surface area is 186 Å². The van der Waals surface area contributed by atoms with Gasteiger partial charge < -0.3 is 0 Å². The topological polar surface area (TPSA) is 71.8 Å². The van der Waals surface area contributed by atoms with E-state index >= 15 is 0 Å². The van der Waals surface area contributed by atoms with Gasteiger partial charge in [0.05, 0.1) is 0 Å². The quantitative estimate of drug-likeness (QED) is 0.289. The van der Waals surface area contributed by atoms with Crippen molar-refractivity contribution >= 4 is 57.6 Å². The summed E-state index contributed by atoms with van der Waals surface area (Å²) in [7, 11) is 0. The first-order valence-corrected chi connectivity index (χ1v) is 11.0. The molecule has 0 unspecified atom stereocenters. The summed E-state index contributed by atoms with van der Waals surface area (Å²) in [6, 6.07) is 17.4. The van der Waals surface area contributed by atoms with E-state index in [0.717, 1.165) is 15.1 Å². The predicted octanol–water partition coefficient (Wildman–Crippen LogP) is 4.00. The molecule has 0 spiro atoms. The zero-order chi connectivity index (χ0) is 19.9. The van der Waals surface area contributed by atoms with E-state index in [4.69, 9.17) is 12.2 Å². The van der Waals surface area contributed by atoms with Crippen LogP contribution < -0.4 is 10.7 Å². The fourth-order valence-electron chi connectivity index (χ4n) is 2.36. The molecule has 9 heteroatoms. The van der Waals surface area contributed by atoms with Gasteiger partial charge in [0.1, 0.15) is 0 Å². The Morgan fingerprint density at radius 2 is 1.86 bits per heavy atom. The molecule has 0 fully saturated rings. The van der Waals surface area contributed by atoms with Crippen LogP contribution in [0.25, 0.3) is 0 Å². The lowest BCUT2D eigenvalue weighted by atomic mass is 10.2. The number of nitrogens with one attached hydrogen (secondary N) is 2. The van der Waals surface area contributed by atoms with E-state index < -0.39 is 0 Å². The number of carbonyl (C=O) groups excluding carboxylic acids is 1. The Balaban J connectivity index is 1.66. The summed E-state index contributed by atoms with van der Waals surface area (Å²) >= 11 is 9.06. The normalized spacial score (nSPS) is 10.5. The van der Waals surface area contributed by atoms with E-state index in [1.165, 1.54) is 5.56 Å². The van der Waals surface area contributed by atoms with Crippen LogP contribution in [-0.2, 0) is 12.2 Å².